The lowest BCUT2D eigenvalue weighted by Gasteiger charge is -2.36. The Hall–Kier alpha value is -0.980. The number of nitrogens with two attached hydrogens (primary N) is 1. The largest absolute Gasteiger partial charge is 0.330 e. The first kappa shape index (κ1) is 15.4. The lowest BCUT2D eigenvalue weighted by molar-refractivity contribution is 0.218. The summed E-state index contributed by atoms with van der Waals surface area (Å²) >= 11 is 0. The molecule has 1 aromatic rings. The smallest absolute Gasteiger partial charge is 0.214 e. The molecular formula is C14H23N3O2S. The molecule has 1 aromatic heterocycles. The van der Waals surface area contributed by atoms with Gasteiger partial charge in [0.1, 0.15) is 0 Å². The number of rotatable bonds is 8. The molecule has 2 N–H and O–H groups in total. The summed E-state index contributed by atoms with van der Waals surface area (Å²) in [5, 5.41) is 0. The van der Waals surface area contributed by atoms with E-state index >= 15 is 0 Å². The van der Waals surface area contributed by atoms with E-state index in [9.17, 15) is 8.42 Å². The molecule has 1 fully saturated rings. The Labute approximate surface area is 121 Å². The molecule has 20 heavy (non-hydrogen) atoms. The lowest BCUT2D eigenvalue weighted by Crippen LogP contribution is -2.46. The van der Waals surface area contributed by atoms with E-state index in [1.54, 1.807) is 16.7 Å². The van der Waals surface area contributed by atoms with Crippen LogP contribution in [0.4, 0.5) is 0 Å². The fraction of sp³-hybridized carbons (Fsp3) is 0.643. The summed E-state index contributed by atoms with van der Waals surface area (Å²) in [7, 11) is -3.20. The van der Waals surface area contributed by atoms with Crippen LogP contribution in [0.25, 0.3) is 0 Å². The van der Waals surface area contributed by atoms with Gasteiger partial charge in [-0.1, -0.05) is 6.42 Å². The highest BCUT2D eigenvalue weighted by Crippen LogP contribution is 2.27. The molecule has 6 heteroatoms. The quantitative estimate of drug-likeness (QED) is 0.781. The van der Waals surface area contributed by atoms with Crippen LogP contribution in [0.2, 0.25) is 0 Å². The Morgan fingerprint density at radius 1 is 1.30 bits per heavy atom. The third kappa shape index (κ3) is 4.01. The number of sulfonamides is 1. The highest BCUT2D eigenvalue weighted by Gasteiger charge is 2.32. The SMILES string of the molecule is NCCCN(C1CCC1)S(=O)(=O)CCc1ccncc1. The van der Waals surface area contributed by atoms with Crippen LogP contribution < -0.4 is 5.73 Å². The maximum atomic E-state index is 12.5. The summed E-state index contributed by atoms with van der Waals surface area (Å²) in [5.74, 6) is 0.165. The molecule has 1 aliphatic carbocycles. The molecule has 112 valence electrons. The van der Waals surface area contributed by atoms with Gasteiger partial charge in [-0.05, 0) is 49.9 Å². The zero-order chi connectivity index (χ0) is 14.4. The van der Waals surface area contributed by atoms with Gasteiger partial charge >= 0.3 is 0 Å². The molecule has 0 saturated heterocycles. The van der Waals surface area contributed by atoms with Gasteiger partial charge in [0.15, 0.2) is 0 Å². The van der Waals surface area contributed by atoms with Crippen LogP contribution in [0, 0.1) is 0 Å². The monoisotopic (exact) mass is 297 g/mol. The predicted molar refractivity (Wildman–Crippen MR) is 79.7 cm³/mol. The molecule has 2 rings (SSSR count). The van der Waals surface area contributed by atoms with Crippen LogP contribution in [0.3, 0.4) is 0 Å². The minimum absolute atomic E-state index is 0.165. The molecule has 0 radical (unpaired) electrons. The van der Waals surface area contributed by atoms with Gasteiger partial charge in [0.05, 0.1) is 5.75 Å². The normalized spacial score (nSPS) is 16.3. The molecule has 1 heterocycles. The molecule has 0 amide bonds. The van der Waals surface area contributed by atoms with Gasteiger partial charge in [-0.15, -0.1) is 0 Å². The standard InChI is InChI=1S/C14H23N3O2S/c15-8-2-11-17(14-3-1-4-14)20(18,19)12-7-13-5-9-16-10-6-13/h5-6,9-10,14H,1-4,7-8,11-12,15H2. The molecule has 0 aromatic carbocycles. The zero-order valence-electron chi connectivity index (χ0n) is 11.7. The number of aryl methyl sites for hydroxylation is 1. The van der Waals surface area contributed by atoms with Gasteiger partial charge in [0.2, 0.25) is 10.0 Å². The zero-order valence-corrected chi connectivity index (χ0v) is 12.6. The molecule has 0 atom stereocenters. The van der Waals surface area contributed by atoms with Gasteiger partial charge in [0, 0.05) is 25.0 Å². The van der Waals surface area contributed by atoms with Crippen molar-refractivity contribution in [3.8, 4) is 0 Å². The van der Waals surface area contributed by atoms with Gasteiger partial charge in [-0.2, -0.15) is 4.31 Å². The van der Waals surface area contributed by atoms with Gasteiger partial charge < -0.3 is 5.73 Å². The molecule has 0 bridgehead atoms. The summed E-state index contributed by atoms with van der Waals surface area (Å²) in [6.45, 7) is 1.09. The van der Waals surface area contributed by atoms with Crippen molar-refractivity contribution in [1.29, 1.82) is 0 Å². The molecule has 1 saturated carbocycles. The number of pyridine rings is 1. The molecule has 0 aliphatic heterocycles. The van der Waals surface area contributed by atoms with Crippen molar-refractivity contribution in [3.05, 3.63) is 30.1 Å². The number of aromatic nitrogens is 1. The van der Waals surface area contributed by atoms with Crippen LogP contribution in [0.5, 0.6) is 0 Å². The first-order valence-electron chi connectivity index (χ1n) is 7.22. The second-order valence-electron chi connectivity index (χ2n) is 5.26. The first-order valence-corrected chi connectivity index (χ1v) is 8.83. The minimum atomic E-state index is -3.20. The van der Waals surface area contributed by atoms with Crippen LogP contribution in [-0.4, -0.2) is 42.6 Å². The van der Waals surface area contributed by atoms with E-state index in [0.717, 1.165) is 31.2 Å². The molecular weight excluding hydrogens is 274 g/mol. The highest BCUT2D eigenvalue weighted by atomic mass is 32.2. The third-order valence-electron chi connectivity index (χ3n) is 3.82. The average Bonchev–Trinajstić information content (AvgIpc) is 2.40. The van der Waals surface area contributed by atoms with E-state index in [0.29, 0.717) is 19.5 Å². The number of hydrogen-bond acceptors (Lipinski definition) is 4. The Morgan fingerprint density at radius 2 is 2.00 bits per heavy atom. The van der Waals surface area contributed by atoms with Crippen molar-refractivity contribution in [2.24, 2.45) is 5.73 Å². The topological polar surface area (TPSA) is 76.3 Å². The van der Waals surface area contributed by atoms with E-state index in [1.807, 2.05) is 12.1 Å². The van der Waals surface area contributed by atoms with Crippen LogP contribution >= 0.6 is 0 Å². The fourth-order valence-electron chi connectivity index (χ4n) is 2.38. The van der Waals surface area contributed by atoms with E-state index in [-0.39, 0.29) is 11.8 Å². The van der Waals surface area contributed by atoms with Crippen molar-refractivity contribution in [2.75, 3.05) is 18.8 Å². The molecule has 5 nitrogen and oxygen atoms in total. The van der Waals surface area contributed by atoms with Crippen LogP contribution in [0.1, 0.15) is 31.2 Å². The fourth-order valence-corrected chi connectivity index (χ4v) is 4.18. The van der Waals surface area contributed by atoms with E-state index in [2.05, 4.69) is 4.98 Å². The van der Waals surface area contributed by atoms with Crippen molar-refractivity contribution >= 4 is 10.0 Å². The van der Waals surface area contributed by atoms with E-state index in [4.69, 9.17) is 5.73 Å². The second kappa shape index (κ2) is 7.15. The Kier molecular flexibility index (Phi) is 5.51. The first-order chi connectivity index (χ1) is 9.63. The van der Waals surface area contributed by atoms with E-state index < -0.39 is 10.0 Å². The summed E-state index contributed by atoms with van der Waals surface area (Å²) in [6.07, 6.45) is 7.75. The van der Waals surface area contributed by atoms with Crippen molar-refractivity contribution < 1.29 is 8.42 Å². The number of hydrogen-bond donors (Lipinski definition) is 1. The summed E-state index contributed by atoms with van der Waals surface area (Å²) in [4.78, 5) is 3.94. The highest BCUT2D eigenvalue weighted by molar-refractivity contribution is 7.89. The molecule has 0 spiro atoms. The minimum Gasteiger partial charge on any atom is -0.330 e. The van der Waals surface area contributed by atoms with Crippen LogP contribution in [0.15, 0.2) is 24.5 Å². The predicted octanol–water partition coefficient (Wildman–Crippen LogP) is 1.16. The Balaban J connectivity index is 1.98. The third-order valence-corrected chi connectivity index (χ3v) is 5.74. The average molecular weight is 297 g/mol. The van der Waals surface area contributed by atoms with E-state index in [1.165, 1.54) is 0 Å². The van der Waals surface area contributed by atoms with Gasteiger partial charge in [-0.25, -0.2) is 8.42 Å². The van der Waals surface area contributed by atoms with Crippen molar-refractivity contribution in [3.63, 3.8) is 0 Å². The second-order valence-corrected chi connectivity index (χ2v) is 7.30. The summed E-state index contributed by atoms with van der Waals surface area (Å²) in [5.41, 5.74) is 6.53. The Morgan fingerprint density at radius 3 is 2.55 bits per heavy atom. The molecule has 0 unspecified atom stereocenters. The molecule has 1 aliphatic rings. The van der Waals surface area contributed by atoms with Gasteiger partial charge in [0.25, 0.3) is 0 Å². The summed E-state index contributed by atoms with van der Waals surface area (Å²) in [6, 6.07) is 3.93. The van der Waals surface area contributed by atoms with Crippen LogP contribution in [-0.2, 0) is 16.4 Å². The van der Waals surface area contributed by atoms with Crippen molar-refractivity contribution in [2.45, 2.75) is 38.1 Å². The van der Waals surface area contributed by atoms with Crippen molar-refractivity contribution in [1.82, 2.24) is 9.29 Å². The summed E-state index contributed by atoms with van der Waals surface area (Å²) < 4.78 is 26.7. The maximum absolute atomic E-state index is 12.5. The van der Waals surface area contributed by atoms with Gasteiger partial charge in [-0.3, -0.25) is 4.98 Å². The Bertz CT molecular complexity index is 500. The number of nitrogens with zero attached hydrogens (tertiary/aromatic N) is 2. The maximum Gasteiger partial charge on any atom is 0.214 e. The lowest BCUT2D eigenvalue weighted by atomic mass is 9.93.